The van der Waals surface area contributed by atoms with Crippen LogP contribution in [0.2, 0.25) is 0 Å². The van der Waals surface area contributed by atoms with Gasteiger partial charge in [-0.3, -0.25) is 0 Å². The first-order valence-electron chi connectivity index (χ1n) is 7.70. The number of carbonyl (C=O) groups is 1. The van der Waals surface area contributed by atoms with Crippen molar-refractivity contribution in [3.63, 3.8) is 0 Å². The van der Waals surface area contributed by atoms with Gasteiger partial charge in [-0.15, -0.1) is 0 Å². The van der Waals surface area contributed by atoms with Gasteiger partial charge in [-0.2, -0.15) is 13.2 Å². The number of benzene rings is 1. The Morgan fingerprint density at radius 2 is 1.76 bits per heavy atom. The van der Waals surface area contributed by atoms with Crippen molar-refractivity contribution < 1.29 is 32.5 Å². The molecule has 0 radical (unpaired) electrons. The van der Waals surface area contributed by atoms with Crippen LogP contribution in [0.25, 0.3) is 0 Å². The number of hydrogen-bond donors (Lipinski definition) is 1. The van der Waals surface area contributed by atoms with Crippen LogP contribution < -0.4 is 9.47 Å². The van der Waals surface area contributed by atoms with Crippen LogP contribution >= 0.6 is 0 Å². The molecule has 25 heavy (non-hydrogen) atoms. The highest BCUT2D eigenvalue weighted by molar-refractivity contribution is 5.73. The van der Waals surface area contributed by atoms with Gasteiger partial charge < -0.3 is 19.5 Å². The molecule has 0 atom stereocenters. The molecule has 2 rings (SSSR count). The Bertz CT molecular complexity index is 586. The molecule has 0 bridgehead atoms. The van der Waals surface area contributed by atoms with Crippen molar-refractivity contribution in [2.45, 2.75) is 32.5 Å². The molecule has 142 valence electrons. The molecule has 5 nitrogen and oxygen atoms in total. The predicted octanol–water partition coefficient (Wildman–Crippen LogP) is 3.57. The number of halogens is 3. The summed E-state index contributed by atoms with van der Waals surface area (Å²) in [4.78, 5) is 11.3. The number of aliphatic carboxylic acids is 1. The minimum Gasteiger partial charge on any atom is -0.493 e. The topological polar surface area (TPSA) is 59.0 Å². The Balaban J connectivity index is 0.000000381. The smallest absolute Gasteiger partial charge is 0.490 e. The Morgan fingerprint density at radius 3 is 2.16 bits per heavy atom. The third kappa shape index (κ3) is 7.21. The van der Waals surface area contributed by atoms with Crippen molar-refractivity contribution in [1.82, 2.24) is 4.90 Å². The summed E-state index contributed by atoms with van der Waals surface area (Å²) in [7, 11) is 5.52. The van der Waals surface area contributed by atoms with Crippen LogP contribution in [0.15, 0.2) is 18.2 Å². The molecule has 0 saturated heterocycles. The summed E-state index contributed by atoms with van der Waals surface area (Å²) < 4.78 is 42.3. The molecule has 1 aliphatic rings. The summed E-state index contributed by atoms with van der Waals surface area (Å²) in [5.74, 6) is -1.16. The number of hydrogen-bond acceptors (Lipinski definition) is 4. The highest BCUT2D eigenvalue weighted by atomic mass is 19.4. The second-order valence-electron chi connectivity index (χ2n) is 6.48. The number of methoxy groups -OCH3 is 2. The van der Waals surface area contributed by atoms with Gasteiger partial charge in [-0.1, -0.05) is 13.0 Å². The number of rotatable bonds is 6. The average Bonchev–Trinajstić information content (AvgIpc) is 3.23. The minimum absolute atomic E-state index is 0.561. The second-order valence-corrected chi connectivity index (χ2v) is 6.48. The lowest BCUT2D eigenvalue weighted by atomic mass is 10.1. The first kappa shape index (κ1) is 21.1. The van der Waals surface area contributed by atoms with Crippen molar-refractivity contribution in [3.8, 4) is 11.5 Å². The third-order valence-electron chi connectivity index (χ3n) is 3.90. The molecule has 0 heterocycles. The van der Waals surface area contributed by atoms with Gasteiger partial charge in [0, 0.05) is 13.1 Å². The molecule has 8 heteroatoms. The minimum atomic E-state index is -5.08. The zero-order valence-corrected chi connectivity index (χ0v) is 14.8. The maximum absolute atomic E-state index is 10.6. The maximum Gasteiger partial charge on any atom is 0.490 e. The normalized spacial score (nSPS) is 15.2. The van der Waals surface area contributed by atoms with E-state index in [0.29, 0.717) is 5.41 Å². The molecule has 1 fully saturated rings. The molecule has 0 aromatic heterocycles. The number of carboxylic acids is 1. The summed E-state index contributed by atoms with van der Waals surface area (Å²) in [5.41, 5.74) is 1.82. The van der Waals surface area contributed by atoms with E-state index in [-0.39, 0.29) is 0 Å². The second kappa shape index (κ2) is 8.42. The van der Waals surface area contributed by atoms with Gasteiger partial charge in [0.05, 0.1) is 14.2 Å². The molecule has 1 aromatic carbocycles. The number of nitrogens with zero attached hydrogens (tertiary/aromatic N) is 1. The van der Waals surface area contributed by atoms with Crippen LogP contribution in [0.1, 0.15) is 25.3 Å². The van der Waals surface area contributed by atoms with Gasteiger partial charge in [0.15, 0.2) is 11.5 Å². The van der Waals surface area contributed by atoms with Gasteiger partial charge in [0.1, 0.15) is 0 Å². The van der Waals surface area contributed by atoms with E-state index in [1.807, 2.05) is 6.07 Å². The first-order chi connectivity index (χ1) is 11.5. The molecule has 1 aromatic rings. The van der Waals surface area contributed by atoms with Gasteiger partial charge in [-0.05, 0) is 43.0 Å². The number of carboxylic acid groups (broad SMARTS) is 1. The molecule has 0 spiro atoms. The highest BCUT2D eigenvalue weighted by Gasteiger charge is 2.38. The fourth-order valence-corrected chi connectivity index (χ4v) is 2.37. The lowest BCUT2D eigenvalue weighted by molar-refractivity contribution is -0.192. The van der Waals surface area contributed by atoms with Crippen LogP contribution in [-0.4, -0.2) is 50.0 Å². The van der Waals surface area contributed by atoms with Crippen molar-refractivity contribution in [2.75, 3.05) is 27.8 Å². The zero-order chi connectivity index (χ0) is 19.3. The van der Waals surface area contributed by atoms with Crippen molar-refractivity contribution in [1.29, 1.82) is 0 Å². The monoisotopic (exact) mass is 363 g/mol. The first-order valence-corrected chi connectivity index (χ1v) is 7.70. The summed E-state index contributed by atoms with van der Waals surface area (Å²) in [6.45, 7) is 4.48. The summed E-state index contributed by atoms with van der Waals surface area (Å²) in [6.07, 6.45) is -2.35. The SMILES string of the molecule is COc1ccc(CN(C)CC2(C)CC2)cc1OC.O=C(O)C(F)(F)F. The van der Waals surface area contributed by atoms with E-state index in [1.54, 1.807) is 14.2 Å². The molecule has 0 unspecified atom stereocenters. The quantitative estimate of drug-likeness (QED) is 0.837. The van der Waals surface area contributed by atoms with Crippen molar-refractivity contribution >= 4 is 5.97 Å². The molecule has 1 aliphatic carbocycles. The summed E-state index contributed by atoms with van der Waals surface area (Å²) >= 11 is 0. The Kier molecular flexibility index (Phi) is 7.10. The van der Waals surface area contributed by atoms with Crippen molar-refractivity contribution in [3.05, 3.63) is 23.8 Å². The van der Waals surface area contributed by atoms with E-state index < -0.39 is 12.1 Å². The molecule has 0 aliphatic heterocycles. The average molecular weight is 363 g/mol. The lowest BCUT2D eigenvalue weighted by Crippen LogP contribution is -2.24. The zero-order valence-electron chi connectivity index (χ0n) is 14.8. The molecular formula is C17H24F3NO4. The number of alkyl halides is 3. The number of ether oxygens (including phenoxy) is 2. The highest BCUT2D eigenvalue weighted by Crippen LogP contribution is 2.45. The van der Waals surface area contributed by atoms with Gasteiger partial charge >= 0.3 is 12.1 Å². The molecule has 1 N–H and O–H groups in total. The predicted molar refractivity (Wildman–Crippen MR) is 86.9 cm³/mol. The van der Waals surface area contributed by atoms with Crippen LogP contribution in [-0.2, 0) is 11.3 Å². The van der Waals surface area contributed by atoms with E-state index in [9.17, 15) is 13.2 Å². The lowest BCUT2D eigenvalue weighted by Gasteiger charge is -2.21. The maximum atomic E-state index is 10.6. The van der Waals surface area contributed by atoms with Crippen LogP contribution in [0.3, 0.4) is 0 Å². The van der Waals surface area contributed by atoms with Crippen molar-refractivity contribution in [2.24, 2.45) is 5.41 Å². The Labute approximate surface area is 145 Å². The molecule has 1 saturated carbocycles. The van der Waals surface area contributed by atoms with E-state index in [0.717, 1.165) is 18.0 Å². The largest absolute Gasteiger partial charge is 0.493 e. The van der Waals surface area contributed by atoms with Gasteiger partial charge in [-0.25, -0.2) is 4.79 Å². The van der Waals surface area contributed by atoms with E-state index in [4.69, 9.17) is 19.4 Å². The van der Waals surface area contributed by atoms with Gasteiger partial charge in [0.2, 0.25) is 0 Å². The van der Waals surface area contributed by atoms with E-state index in [1.165, 1.54) is 24.9 Å². The van der Waals surface area contributed by atoms with E-state index >= 15 is 0 Å². The molecule has 0 amide bonds. The molecular weight excluding hydrogens is 339 g/mol. The fourth-order valence-electron chi connectivity index (χ4n) is 2.37. The Hall–Kier alpha value is -1.96. The summed E-state index contributed by atoms with van der Waals surface area (Å²) in [5, 5.41) is 7.12. The van der Waals surface area contributed by atoms with Crippen LogP contribution in [0, 0.1) is 5.41 Å². The fraction of sp³-hybridized carbons (Fsp3) is 0.588. The van der Waals surface area contributed by atoms with E-state index in [2.05, 4.69) is 31.0 Å². The summed E-state index contributed by atoms with van der Waals surface area (Å²) in [6, 6.07) is 6.14. The van der Waals surface area contributed by atoms with Crippen LogP contribution in [0.5, 0.6) is 11.5 Å². The van der Waals surface area contributed by atoms with Crippen LogP contribution in [0.4, 0.5) is 13.2 Å². The standard InChI is InChI=1S/C15H23NO2.C2HF3O2/c1-15(7-8-15)11-16(2)10-12-5-6-13(17-3)14(9-12)18-4;3-2(4,5)1(6)7/h5-6,9H,7-8,10-11H2,1-4H3;(H,6,7). The van der Waals surface area contributed by atoms with Gasteiger partial charge in [0.25, 0.3) is 0 Å². The third-order valence-corrected chi connectivity index (χ3v) is 3.90. The Morgan fingerprint density at radius 1 is 1.24 bits per heavy atom.